The van der Waals surface area contributed by atoms with E-state index in [2.05, 4.69) is 20.7 Å². The Morgan fingerprint density at radius 1 is 1.19 bits per heavy atom. The molecule has 1 atom stereocenters. The Bertz CT molecular complexity index is 705. The summed E-state index contributed by atoms with van der Waals surface area (Å²) in [6, 6.07) is 9.88. The molecule has 0 aliphatic heterocycles. The third-order valence-electron chi connectivity index (χ3n) is 3.21. The Hall–Kier alpha value is -2.47. The summed E-state index contributed by atoms with van der Waals surface area (Å²) < 4.78 is 10.8. The number of rotatable bonds is 5. The molecule has 108 valence electrons. The van der Waals surface area contributed by atoms with Crippen molar-refractivity contribution in [3.05, 3.63) is 53.7 Å². The minimum Gasteiger partial charge on any atom is -0.418 e. The van der Waals surface area contributed by atoms with Crippen molar-refractivity contribution in [2.24, 2.45) is 0 Å². The van der Waals surface area contributed by atoms with Gasteiger partial charge in [-0.2, -0.15) is 0 Å². The van der Waals surface area contributed by atoms with Crippen molar-refractivity contribution in [3.63, 3.8) is 0 Å². The van der Waals surface area contributed by atoms with Crippen molar-refractivity contribution >= 4 is 0 Å². The van der Waals surface area contributed by atoms with E-state index in [9.17, 15) is 0 Å². The molecule has 0 fully saturated rings. The van der Waals surface area contributed by atoms with Gasteiger partial charge in [-0.05, 0) is 19.0 Å². The first kappa shape index (κ1) is 13.5. The van der Waals surface area contributed by atoms with E-state index in [1.807, 2.05) is 44.2 Å². The lowest BCUT2D eigenvalue weighted by molar-refractivity contribution is 0.397. The second kappa shape index (κ2) is 5.88. The molecule has 6 heteroatoms. The zero-order valence-electron chi connectivity index (χ0n) is 11.9. The van der Waals surface area contributed by atoms with Gasteiger partial charge in [0.2, 0.25) is 5.89 Å². The molecule has 1 unspecified atom stereocenters. The summed E-state index contributed by atoms with van der Waals surface area (Å²) in [5.74, 6) is 1.60. The fourth-order valence-electron chi connectivity index (χ4n) is 2.16. The monoisotopic (exact) mass is 284 g/mol. The van der Waals surface area contributed by atoms with Crippen molar-refractivity contribution in [3.8, 4) is 11.5 Å². The molecule has 0 bridgehead atoms. The maximum absolute atomic E-state index is 5.79. The van der Waals surface area contributed by atoms with Crippen LogP contribution in [-0.4, -0.2) is 21.9 Å². The fourth-order valence-corrected chi connectivity index (χ4v) is 2.16. The fraction of sp³-hybridized carbons (Fsp3) is 0.267. The van der Waals surface area contributed by atoms with Gasteiger partial charge in [-0.3, -0.25) is 0 Å². The second-order valence-corrected chi connectivity index (χ2v) is 4.64. The smallest absolute Gasteiger partial charge is 0.253 e. The van der Waals surface area contributed by atoms with Crippen LogP contribution in [0.2, 0.25) is 0 Å². The van der Waals surface area contributed by atoms with Crippen LogP contribution in [0.25, 0.3) is 11.5 Å². The summed E-state index contributed by atoms with van der Waals surface area (Å²) in [4.78, 5) is 0. The standard InChI is InChI=1S/C15H16N4O2/c1-3-16-13(11-7-5-4-6-8-11)15-19-18-14(20-15)12-9-17-21-10(12)2/h4-9,13,16H,3H2,1-2H3. The van der Waals surface area contributed by atoms with Crippen LogP contribution in [0.3, 0.4) is 0 Å². The quantitative estimate of drug-likeness (QED) is 0.776. The molecule has 3 aromatic rings. The highest BCUT2D eigenvalue weighted by Gasteiger charge is 2.21. The molecule has 3 rings (SSSR count). The van der Waals surface area contributed by atoms with Gasteiger partial charge in [-0.1, -0.05) is 42.4 Å². The van der Waals surface area contributed by atoms with Gasteiger partial charge in [0, 0.05) is 0 Å². The molecule has 0 amide bonds. The molecule has 6 nitrogen and oxygen atoms in total. The van der Waals surface area contributed by atoms with Crippen LogP contribution in [0.15, 0.2) is 45.5 Å². The van der Waals surface area contributed by atoms with E-state index in [0.717, 1.165) is 17.7 Å². The summed E-state index contributed by atoms with van der Waals surface area (Å²) in [6.07, 6.45) is 1.58. The van der Waals surface area contributed by atoms with E-state index in [1.165, 1.54) is 0 Å². The number of nitrogens with zero attached hydrogens (tertiary/aromatic N) is 3. The highest BCUT2D eigenvalue weighted by Crippen LogP contribution is 2.26. The van der Waals surface area contributed by atoms with Crippen LogP contribution >= 0.6 is 0 Å². The Labute approximate surface area is 122 Å². The maximum atomic E-state index is 5.79. The number of benzene rings is 1. The third kappa shape index (κ3) is 2.71. The van der Waals surface area contributed by atoms with E-state index >= 15 is 0 Å². The third-order valence-corrected chi connectivity index (χ3v) is 3.21. The van der Waals surface area contributed by atoms with Crippen LogP contribution in [0.4, 0.5) is 0 Å². The number of hydrogen-bond acceptors (Lipinski definition) is 6. The SMILES string of the molecule is CCNC(c1ccccc1)c1nnc(-c2cnoc2C)o1. The molecule has 1 aromatic carbocycles. The number of aromatic nitrogens is 3. The topological polar surface area (TPSA) is 77.0 Å². The van der Waals surface area contributed by atoms with Crippen molar-refractivity contribution in [2.45, 2.75) is 19.9 Å². The molecule has 0 aliphatic rings. The normalized spacial score (nSPS) is 12.5. The van der Waals surface area contributed by atoms with Gasteiger partial charge in [0.15, 0.2) is 0 Å². The minimum absolute atomic E-state index is 0.127. The van der Waals surface area contributed by atoms with Crippen LogP contribution in [0.5, 0.6) is 0 Å². The van der Waals surface area contributed by atoms with Gasteiger partial charge >= 0.3 is 0 Å². The average Bonchev–Trinajstić information content (AvgIpc) is 3.14. The number of hydrogen-bond donors (Lipinski definition) is 1. The average molecular weight is 284 g/mol. The molecular formula is C15H16N4O2. The molecule has 21 heavy (non-hydrogen) atoms. The molecule has 0 saturated carbocycles. The first-order valence-electron chi connectivity index (χ1n) is 6.83. The summed E-state index contributed by atoms with van der Waals surface area (Å²) in [5.41, 5.74) is 1.80. The first-order chi connectivity index (χ1) is 10.3. The van der Waals surface area contributed by atoms with Crippen molar-refractivity contribution in [1.82, 2.24) is 20.7 Å². The molecule has 2 heterocycles. The Morgan fingerprint density at radius 2 is 2.00 bits per heavy atom. The minimum atomic E-state index is -0.127. The van der Waals surface area contributed by atoms with Gasteiger partial charge in [-0.25, -0.2) is 0 Å². The van der Waals surface area contributed by atoms with Crippen LogP contribution in [-0.2, 0) is 0 Å². The van der Waals surface area contributed by atoms with Gasteiger partial charge in [0.05, 0.1) is 6.20 Å². The number of nitrogens with one attached hydrogen (secondary N) is 1. The van der Waals surface area contributed by atoms with Gasteiger partial charge in [0.25, 0.3) is 5.89 Å². The molecular weight excluding hydrogens is 268 g/mol. The molecule has 0 spiro atoms. The van der Waals surface area contributed by atoms with Crippen LogP contribution in [0.1, 0.15) is 30.2 Å². The van der Waals surface area contributed by atoms with E-state index in [0.29, 0.717) is 17.5 Å². The maximum Gasteiger partial charge on any atom is 0.253 e. The number of aryl methyl sites for hydroxylation is 1. The zero-order chi connectivity index (χ0) is 14.7. The summed E-state index contributed by atoms with van der Waals surface area (Å²) in [7, 11) is 0. The van der Waals surface area contributed by atoms with E-state index in [-0.39, 0.29) is 6.04 Å². The Kier molecular flexibility index (Phi) is 3.79. The Morgan fingerprint density at radius 3 is 2.67 bits per heavy atom. The lowest BCUT2D eigenvalue weighted by Crippen LogP contribution is -2.22. The molecule has 2 aromatic heterocycles. The molecule has 0 saturated heterocycles. The van der Waals surface area contributed by atoms with Crippen LogP contribution < -0.4 is 5.32 Å². The molecule has 0 radical (unpaired) electrons. The van der Waals surface area contributed by atoms with Crippen LogP contribution in [0, 0.1) is 6.92 Å². The van der Waals surface area contributed by atoms with E-state index in [1.54, 1.807) is 6.20 Å². The van der Waals surface area contributed by atoms with E-state index < -0.39 is 0 Å². The Balaban J connectivity index is 1.94. The highest BCUT2D eigenvalue weighted by molar-refractivity contribution is 5.53. The van der Waals surface area contributed by atoms with Gasteiger partial charge in [-0.15, -0.1) is 10.2 Å². The summed E-state index contributed by atoms with van der Waals surface area (Å²) in [6.45, 7) is 4.64. The lowest BCUT2D eigenvalue weighted by atomic mass is 10.1. The second-order valence-electron chi connectivity index (χ2n) is 4.64. The first-order valence-corrected chi connectivity index (χ1v) is 6.83. The summed E-state index contributed by atoms with van der Waals surface area (Å²) in [5, 5.41) is 15.3. The molecule has 1 N–H and O–H groups in total. The van der Waals surface area contributed by atoms with Crippen molar-refractivity contribution in [2.75, 3.05) is 6.54 Å². The largest absolute Gasteiger partial charge is 0.418 e. The predicted octanol–water partition coefficient (Wildman–Crippen LogP) is 2.73. The predicted molar refractivity (Wildman–Crippen MR) is 76.5 cm³/mol. The molecule has 0 aliphatic carbocycles. The summed E-state index contributed by atoms with van der Waals surface area (Å²) >= 11 is 0. The van der Waals surface area contributed by atoms with Gasteiger partial charge < -0.3 is 14.3 Å². The highest BCUT2D eigenvalue weighted by atomic mass is 16.5. The lowest BCUT2D eigenvalue weighted by Gasteiger charge is -2.13. The van der Waals surface area contributed by atoms with Crippen molar-refractivity contribution < 1.29 is 8.94 Å². The van der Waals surface area contributed by atoms with Gasteiger partial charge in [0.1, 0.15) is 17.4 Å². The van der Waals surface area contributed by atoms with E-state index in [4.69, 9.17) is 8.94 Å². The van der Waals surface area contributed by atoms with Crippen molar-refractivity contribution in [1.29, 1.82) is 0 Å². The zero-order valence-corrected chi connectivity index (χ0v) is 11.9.